The number of halogens is 21. The van der Waals surface area contributed by atoms with Crippen molar-refractivity contribution in [1.29, 1.82) is 0 Å². The average molecular weight is 544 g/mol. The first-order valence-electron chi connectivity index (χ1n) is 7.08. The van der Waals surface area contributed by atoms with Gasteiger partial charge in [0.25, 0.3) is 11.3 Å². The lowest BCUT2D eigenvalue weighted by molar-refractivity contribution is -0.420. The average Bonchev–Trinajstić information content (AvgIpc) is 2.41. The molecule has 0 saturated heterocycles. The normalized spacial score (nSPS) is 20.9. The van der Waals surface area contributed by atoms with Crippen molar-refractivity contribution >= 4 is 0 Å². The summed E-state index contributed by atoms with van der Waals surface area (Å²) in [7, 11) is 0. The van der Waals surface area contributed by atoms with Gasteiger partial charge in [0.15, 0.2) is 5.92 Å². The van der Waals surface area contributed by atoms with Gasteiger partial charge in [0.2, 0.25) is 0 Å². The van der Waals surface area contributed by atoms with Crippen molar-refractivity contribution in [1.82, 2.24) is 0 Å². The molecule has 0 aromatic carbocycles. The molecule has 0 amide bonds. The van der Waals surface area contributed by atoms with E-state index in [2.05, 4.69) is 0 Å². The van der Waals surface area contributed by atoms with Crippen molar-refractivity contribution in [2.75, 3.05) is 0 Å². The molecule has 21 heteroatoms. The van der Waals surface area contributed by atoms with Gasteiger partial charge < -0.3 is 0 Å². The molecule has 196 valence electrons. The Morgan fingerprint density at radius 2 is 0.758 bits per heavy atom. The van der Waals surface area contributed by atoms with Crippen LogP contribution < -0.4 is 0 Å². The predicted molar refractivity (Wildman–Crippen MR) is 58.1 cm³/mol. The summed E-state index contributed by atoms with van der Waals surface area (Å²) in [6.45, 7) is 0. The summed E-state index contributed by atoms with van der Waals surface area (Å²) in [5.74, 6) is -14.3. The van der Waals surface area contributed by atoms with E-state index in [-0.39, 0.29) is 0 Å². The van der Waals surface area contributed by atoms with E-state index >= 15 is 0 Å². The molecule has 1 aliphatic rings. The van der Waals surface area contributed by atoms with E-state index in [4.69, 9.17) is 0 Å². The van der Waals surface area contributed by atoms with Crippen LogP contribution in [0.2, 0.25) is 0 Å². The van der Waals surface area contributed by atoms with Crippen molar-refractivity contribution < 1.29 is 92.2 Å². The fourth-order valence-corrected chi connectivity index (χ4v) is 3.18. The molecule has 1 aliphatic carbocycles. The first kappa shape index (κ1) is 29.3. The van der Waals surface area contributed by atoms with E-state index in [9.17, 15) is 92.2 Å². The van der Waals surface area contributed by atoms with E-state index in [0.717, 1.165) is 0 Å². The number of allylic oxidation sites excluding steroid dienone is 2. The van der Waals surface area contributed by atoms with Crippen LogP contribution in [0.25, 0.3) is 0 Å². The molecule has 33 heavy (non-hydrogen) atoms. The van der Waals surface area contributed by atoms with Gasteiger partial charge in [-0.25, -0.2) is 4.39 Å². The summed E-state index contributed by atoms with van der Waals surface area (Å²) in [6.07, 6.45) is -48.0. The first-order chi connectivity index (χ1) is 13.9. The molecular weight excluding hydrogens is 543 g/mol. The summed E-state index contributed by atoms with van der Waals surface area (Å²) in [6, 6.07) is 0. The molecule has 0 aromatic heterocycles. The van der Waals surface area contributed by atoms with Crippen LogP contribution >= 0.6 is 0 Å². The Bertz CT molecular complexity index is 744. The zero-order valence-electron chi connectivity index (χ0n) is 14.0. The van der Waals surface area contributed by atoms with E-state index < -0.39 is 71.1 Å². The minimum atomic E-state index is -8.38. The molecule has 0 radical (unpaired) electrons. The third kappa shape index (κ3) is 3.66. The summed E-state index contributed by atoms with van der Waals surface area (Å²) >= 11 is 0. The van der Waals surface area contributed by atoms with Gasteiger partial charge >= 0.3 is 42.7 Å². The number of rotatable bonds is 2. The third-order valence-corrected chi connectivity index (χ3v) is 4.37. The molecule has 0 nitrogen and oxygen atoms in total. The highest BCUT2D eigenvalue weighted by Gasteiger charge is 2.98. The Labute approximate surface area is 165 Å². The van der Waals surface area contributed by atoms with E-state index in [1.54, 1.807) is 0 Å². The van der Waals surface area contributed by atoms with Crippen LogP contribution in [-0.4, -0.2) is 48.6 Å². The smallest absolute Gasteiger partial charge is 0.218 e. The Morgan fingerprint density at radius 3 is 0.939 bits per heavy atom. The Kier molecular flexibility index (Phi) is 6.13. The summed E-state index contributed by atoms with van der Waals surface area (Å²) in [4.78, 5) is 0. The molecule has 0 unspecified atom stereocenters. The predicted octanol–water partition coefficient (Wildman–Crippen LogP) is 7.62. The molecule has 1 rings (SSSR count). The minimum absolute atomic E-state index is 5.07. The lowest BCUT2D eigenvalue weighted by atomic mass is 9.52. The highest BCUT2D eigenvalue weighted by atomic mass is 19.4. The van der Waals surface area contributed by atoms with E-state index in [1.807, 2.05) is 0 Å². The maximum absolute atomic E-state index is 14.2. The fraction of sp³-hybridized carbons (Fsp3) is 0.833. The van der Waals surface area contributed by atoms with Gasteiger partial charge in [0.05, 0.1) is 0 Å². The molecule has 0 bridgehead atoms. The molecule has 0 aliphatic heterocycles. The van der Waals surface area contributed by atoms with Crippen LogP contribution in [0.3, 0.4) is 0 Å². The van der Waals surface area contributed by atoms with Crippen LogP contribution in [0.1, 0.15) is 0 Å². The second-order valence-corrected chi connectivity index (χ2v) is 6.28. The summed E-state index contributed by atoms with van der Waals surface area (Å²) < 4.78 is 273. The van der Waals surface area contributed by atoms with Gasteiger partial charge in [0, 0.05) is 11.1 Å². The van der Waals surface area contributed by atoms with Crippen molar-refractivity contribution in [2.24, 2.45) is 11.3 Å². The van der Waals surface area contributed by atoms with Gasteiger partial charge in [-0.05, 0) is 0 Å². The van der Waals surface area contributed by atoms with Crippen LogP contribution in [-0.2, 0) is 0 Å². The first-order valence-corrected chi connectivity index (χ1v) is 7.08. The van der Waals surface area contributed by atoms with Gasteiger partial charge in [-0.15, -0.1) is 0 Å². The Balaban J connectivity index is 4.64. The standard InChI is InChI=1S/C12HF21/c13-5(11(28,29)30,12(31,32)33)2-1(3(7(16,17)18)8(19,20)21)6(14,15)4(2,9(22,23)24)10(25,26)27/h3H. The molecule has 0 saturated carbocycles. The van der Waals surface area contributed by atoms with Crippen LogP contribution in [0.4, 0.5) is 92.2 Å². The van der Waals surface area contributed by atoms with E-state index in [1.165, 1.54) is 0 Å². The van der Waals surface area contributed by atoms with Gasteiger partial charge in [-0.1, -0.05) is 0 Å². The molecule has 0 N–H and O–H groups in total. The Hall–Kier alpha value is -1.73. The molecular formula is C12HF21. The lowest BCUT2D eigenvalue weighted by Gasteiger charge is -2.57. The fourth-order valence-electron chi connectivity index (χ4n) is 3.18. The van der Waals surface area contributed by atoms with Gasteiger partial charge in [-0.2, -0.15) is 87.8 Å². The van der Waals surface area contributed by atoms with Crippen LogP contribution in [0.15, 0.2) is 11.1 Å². The third-order valence-electron chi connectivity index (χ3n) is 4.37. The monoisotopic (exact) mass is 544 g/mol. The SMILES string of the molecule is FC(F)(F)C(C1=C(C(F)(C(F)(F)F)C(F)(F)F)C(C(F)(F)F)(C(F)(F)F)C1(F)F)C(F)(F)F. The second kappa shape index (κ2) is 6.91. The largest absolute Gasteiger partial charge is 0.435 e. The maximum Gasteiger partial charge on any atom is 0.435 e. The Morgan fingerprint density at radius 1 is 0.485 bits per heavy atom. The molecule has 0 fully saturated rings. The zero-order valence-corrected chi connectivity index (χ0v) is 14.0. The maximum atomic E-state index is 14.2. The number of hydrogen-bond acceptors (Lipinski definition) is 0. The molecule has 0 spiro atoms. The van der Waals surface area contributed by atoms with Crippen molar-refractivity contribution in [3.63, 3.8) is 0 Å². The zero-order chi connectivity index (χ0) is 27.2. The second-order valence-electron chi connectivity index (χ2n) is 6.28. The number of alkyl halides is 21. The highest BCUT2D eigenvalue weighted by Crippen LogP contribution is 2.78. The topological polar surface area (TPSA) is 0 Å². The van der Waals surface area contributed by atoms with Crippen LogP contribution in [0, 0.1) is 11.3 Å². The van der Waals surface area contributed by atoms with E-state index in [0.29, 0.717) is 0 Å². The quantitative estimate of drug-likeness (QED) is 0.248. The molecule has 0 atom stereocenters. The summed E-state index contributed by atoms with van der Waals surface area (Å²) in [5, 5.41) is 0. The lowest BCUT2D eigenvalue weighted by Crippen LogP contribution is -2.77. The van der Waals surface area contributed by atoms with Gasteiger partial charge in [-0.3, -0.25) is 0 Å². The molecule has 0 aromatic rings. The minimum Gasteiger partial charge on any atom is -0.218 e. The molecule has 0 heterocycles. The summed E-state index contributed by atoms with van der Waals surface area (Å²) in [5.41, 5.74) is -27.1. The van der Waals surface area contributed by atoms with Crippen molar-refractivity contribution in [3.8, 4) is 0 Å². The number of hydrogen-bond donors (Lipinski definition) is 0. The van der Waals surface area contributed by atoms with Crippen molar-refractivity contribution in [2.45, 2.75) is 48.6 Å². The van der Waals surface area contributed by atoms with Crippen molar-refractivity contribution in [3.05, 3.63) is 11.1 Å². The van der Waals surface area contributed by atoms with Gasteiger partial charge in [0.1, 0.15) is 0 Å². The van der Waals surface area contributed by atoms with Crippen LogP contribution in [0.5, 0.6) is 0 Å². The highest BCUT2D eigenvalue weighted by molar-refractivity contribution is 5.56.